The van der Waals surface area contributed by atoms with Gasteiger partial charge in [-0.05, 0) is 24.7 Å². The highest BCUT2D eigenvalue weighted by molar-refractivity contribution is 7.13. The highest BCUT2D eigenvalue weighted by Crippen LogP contribution is 2.40. The van der Waals surface area contributed by atoms with Gasteiger partial charge in [0.2, 0.25) is 5.91 Å². The molecule has 0 aliphatic heterocycles. The molecule has 1 saturated carbocycles. The van der Waals surface area contributed by atoms with Crippen LogP contribution < -0.4 is 11.1 Å². The average Bonchev–Trinajstić information content (AvgIpc) is 2.97. The molecule has 1 aromatic rings. The summed E-state index contributed by atoms with van der Waals surface area (Å²) in [5.41, 5.74) is 7.28. The monoisotopic (exact) mass is 281 g/mol. The number of carbonyl (C=O) groups is 1. The van der Waals surface area contributed by atoms with E-state index in [4.69, 9.17) is 5.73 Å². The lowest BCUT2D eigenvalue weighted by molar-refractivity contribution is -0.116. The van der Waals surface area contributed by atoms with Crippen LogP contribution in [0.3, 0.4) is 0 Å². The third-order valence-electron chi connectivity index (χ3n) is 3.09. The minimum Gasteiger partial charge on any atom is -0.327 e. The van der Waals surface area contributed by atoms with Gasteiger partial charge in [-0.2, -0.15) is 0 Å². The summed E-state index contributed by atoms with van der Waals surface area (Å²) in [5, 5.41) is 5.60. The van der Waals surface area contributed by atoms with Gasteiger partial charge in [0.1, 0.15) is 0 Å². The highest BCUT2D eigenvalue weighted by atomic mass is 32.1. The number of carbonyl (C=O) groups excluding carboxylic acids is 1. The van der Waals surface area contributed by atoms with Crippen LogP contribution >= 0.6 is 11.3 Å². The minimum absolute atomic E-state index is 0.0338. The van der Waals surface area contributed by atoms with Crippen LogP contribution in [0.15, 0.2) is 5.38 Å². The Labute approximate surface area is 118 Å². The number of nitrogens with two attached hydrogens (primary N) is 1. The zero-order valence-corrected chi connectivity index (χ0v) is 12.7. The van der Waals surface area contributed by atoms with Crippen LogP contribution in [0, 0.1) is 5.41 Å². The van der Waals surface area contributed by atoms with Crippen molar-refractivity contribution in [3.63, 3.8) is 0 Å². The predicted octanol–water partition coefficient (Wildman–Crippen LogP) is 3.11. The molecule has 0 aromatic carbocycles. The molecule has 0 radical (unpaired) electrons. The number of nitrogens with zero attached hydrogens (tertiary/aromatic N) is 1. The Bertz CT molecular complexity index is 446. The molecule has 4 nitrogen and oxygen atoms in total. The Balaban J connectivity index is 1.79. The van der Waals surface area contributed by atoms with E-state index in [1.165, 1.54) is 24.2 Å². The van der Waals surface area contributed by atoms with Crippen molar-refractivity contribution in [1.29, 1.82) is 0 Å². The van der Waals surface area contributed by atoms with Gasteiger partial charge in [0.05, 0.1) is 5.69 Å². The average molecular weight is 281 g/mol. The molecule has 0 saturated heterocycles. The van der Waals surface area contributed by atoms with Gasteiger partial charge in [-0.15, -0.1) is 11.3 Å². The van der Waals surface area contributed by atoms with Gasteiger partial charge in [-0.25, -0.2) is 4.98 Å². The van der Waals surface area contributed by atoms with Gasteiger partial charge in [0.15, 0.2) is 5.13 Å². The molecule has 1 heterocycles. The molecule has 1 aliphatic rings. The first-order valence-corrected chi connectivity index (χ1v) is 7.72. The van der Waals surface area contributed by atoms with E-state index in [1.54, 1.807) is 0 Å². The fourth-order valence-corrected chi connectivity index (χ4v) is 2.99. The van der Waals surface area contributed by atoms with Gasteiger partial charge in [-0.3, -0.25) is 4.79 Å². The lowest BCUT2D eigenvalue weighted by atomic mass is 9.87. The van der Waals surface area contributed by atoms with E-state index in [0.717, 1.165) is 12.1 Å². The maximum atomic E-state index is 11.9. The third-order valence-corrected chi connectivity index (χ3v) is 3.86. The van der Waals surface area contributed by atoms with Crippen LogP contribution in [0.1, 0.15) is 58.1 Å². The maximum Gasteiger partial charge on any atom is 0.227 e. The molecule has 19 heavy (non-hydrogen) atoms. The lowest BCUT2D eigenvalue weighted by Gasteiger charge is -2.22. The summed E-state index contributed by atoms with van der Waals surface area (Å²) < 4.78 is 0. The molecular weight excluding hydrogens is 258 g/mol. The molecule has 1 fully saturated rings. The minimum atomic E-state index is -0.0946. The Kier molecular flexibility index (Phi) is 4.26. The number of hydrogen-bond donors (Lipinski definition) is 2. The summed E-state index contributed by atoms with van der Waals surface area (Å²) in [6.45, 7) is 6.40. The predicted molar refractivity (Wildman–Crippen MR) is 79.4 cm³/mol. The number of rotatable bonds is 5. The van der Waals surface area contributed by atoms with Gasteiger partial charge < -0.3 is 11.1 Å². The number of thiazole rings is 1. The summed E-state index contributed by atoms with van der Waals surface area (Å²) in [6, 6.07) is -0.0946. The number of anilines is 1. The van der Waals surface area contributed by atoms with Crippen molar-refractivity contribution in [3.05, 3.63) is 11.1 Å². The second-order valence-electron chi connectivity index (χ2n) is 6.63. The van der Waals surface area contributed by atoms with Gasteiger partial charge in [0.25, 0.3) is 0 Å². The number of nitrogens with one attached hydrogen (secondary N) is 1. The zero-order valence-electron chi connectivity index (χ0n) is 11.9. The van der Waals surface area contributed by atoms with Crippen molar-refractivity contribution < 1.29 is 4.79 Å². The van der Waals surface area contributed by atoms with Crippen molar-refractivity contribution in [2.45, 2.75) is 58.4 Å². The molecule has 1 atom stereocenters. The summed E-state index contributed by atoms with van der Waals surface area (Å²) in [7, 11) is 0. The van der Waals surface area contributed by atoms with Crippen molar-refractivity contribution >= 4 is 22.4 Å². The summed E-state index contributed by atoms with van der Waals surface area (Å²) >= 11 is 1.50. The molecule has 1 unspecified atom stereocenters. The first-order valence-electron chi connectivity index (χ1n) is 6.84. The molecule has 106 valence electrons. The molecular formula is C14H23N3OS. The van der Waals surface area contributed by atoms with E-state index >= 15 is 0 Å². The Morgan fingerprint density at radius 2 is 2.26 bits per heavy atom. The van der Waals surface area contributed by atoms with E-state index in [1.807, 2.05) is 5.38 Å². The van der Waals surface area contributed by atoms with Crippen molar-refractivity contribution in [2.75, 3.05) is 5.32 Å². The van der Waals surface area contributed by atoms with Crippen LogP contribution in [-0.2, 0) is 4.79 Å². The van der Waals surface area contributed by atoms with Crippen molar-refractivity contribution in [3.8, 4) is 0 Å². The number of aromatic nitrogens is 1. The third kappa shape index (κ3) is 4.91. The van der Waals surface area contributed by atoms with Gasteiger partial charge in [-0.1, -0.05) is 20.8 Å². The first-order chi connectivity index (χ1) is 8.83. The quantitative estimate of drug-likeness (QED) is 0.871. The maximum absolute atomic E-state index is 11.9. The van der Waals surface area contributed by atoms with Gasteiger partial charge >= 0.3 is 0 Å². The largest absolute Gasteiger partial charge is 0.327 e. The van der Waals surface area contributed by atoms with E-state index < -0.39 is 0 Å². The Hall–Kier alpha value is -0.940. The molecule has 3 N–H and O–H groups in total. The second kappa shape index (κ2) is 5.59. The van der Waals surface area contributed by atoms with Crippen LogP contribution in [-0.4, -0.2) is 16.9 Å². The summed E-state index contributed by atoms with van der Waals surface area (Å²) in [4.78, 5) is 16.3. The Morgan fingerprint density at radius 1 is 1.58 bits per heavy atom. The van der Waals surface area contributed by atoms with E-state index in [9.17, 15) is 4.79 Å². The van der Waals surface area contributed by atoms with E-state index in [-0.39, 0.29) is 17.4 Å². The molecule has 1 amide bonds. The van der Waals surface area contributed by atoms with Crippen LogP contribution in [0.2, 0.25) is 0 Å². The molecule has 0 spiro atoms. The SMILES string of the molecule is CC(C)(C)CC(N)CC(=O)Nc1nc(C2CC2)cs1. The standard InChI is InChI=1S/C14H23N3OS/c1-14(2,3)7-10(15)6-12(18)17-13-16-11(8-19-13)9-4-5-9/h8-10H,4-7,15H2,1-3H3,(H,16,17,18). The second-order valence-corrected chi connectivity index (χ2v) is 7.49. The molecule has 5 heteroatoms. The van der Waals surface area contributed by atoms with Crippen molar-refractivity contribution in [1.82, 2.24) is 4.98 Å². The Morgan fingerprint density at radius 3 is 2.84 bits per heavy atom. The van der Waals surface area contributed by atoms with Crippen molar-refractivity contribution in [2.24, 2.45) is 11.1 Å². The molecule has 1 aliphatic carbocycles. The smallest absolute Gasteiger partial charge is 0.227 e. The van der Waals surface area contributed by atoms with Gasteiger partial charge in [0, 0.05) is 23.8 Å². The first kappa shape index (κ1) is 14.5. The van der Waals surface area contributed by atoms with Crippen LogP contribution in [0.25, 0.3) is 0 Å². The summed E-state index contributed by atoms with van der Waals surface area (Å²) in [5.74, 6) is 0.596. The molecule has 1 aromatic heterocycles. The van der Waals surface area contributed by atoms with E-state index in [0.29, 0.717) is 17.5 Å². The topological polar surface area (TPSA) is 68.0 Å². The lowest BCUT2D eigenvalue weighted by Crippen LogP contribution is -2.31. The van der Waals surface area contributed by atoms with Crippen LogP contribution in [0.4, 0.5) is 5.13 Å². The van der Waals surface area contributed by atoms with Crippen LogP contribution in [0.5, 0.6) is 0 Å². The number of amides is 1. The van der Waals surface area contributed by atoms with E-state index in [2.05, 4.69) is 31.1 Å². The summed E-state index contributed by atoms with van der Waals surface area (Å²) in [6.07, 6.45) is 3.66. The normalized spacial score (nSPS) is 17.3. The fraction of sp³-hybridized carbons (Fsp3) is 0.714. The zero-order chi connectivity index (χ0) is 14.0. The molecule has 0 bridgehead atoms. The highest BCUT2D eigenvalue weighted by Gasteiger charge is 2.26. The molecule has 2 rings (SSSR count). The fourth-order valence-electron chi connectivity index (χ4n) is 2.18. The number of hydrogen-bond acceptors (Lipinski definition) is 4.